The number of nitrogens with one attached hydrogen (secondary N) is 1. The van der Waals surface area contributed by atoms with Gasteiger partial charge in [0.05, 0.1) is 6.61 Å². The van der Waals surface area contributed by atoms with Crippen molar-refractivity contribution in [2.45, 2.75) is 30.7 Å². The Morgan fingerprint density at radius 3 is 2.31 bits per heavy atom. The largest absolute Gasteiger partial charge is 0.435 e. The summed E-state index contributed by atoms with van der Waals surface area (Å²) in [5.74, 6) is 0. The summed E-state index contributed by atoms with van der Waals surface area (Å²) in [6, 6.07) is 1.84. The summed E-state index contributed by atoms with van der Waals surface area (Å²) in [4.78, 5) is 12.6. The molecule has 1 aromatic carbocycles. The second-order valence-electron chi connectivity index (χ2n) is 5.71. The number of carbonyl (C=O) groups excluding carboxylic acids is 1. The lowest BCUT2D eigenvalue weighted by Crippen LogP contribution is -2.51. The maximum Gasteiger partial charge on any atom is 0.435 e. The number of carbonyl (C=O) groups is 1. The van der Waals surface area contributed by atoms with Gasteiger partial charge in [-0.2, -0.15) is 26.3 Å². The molecule has 0 spiro atoms. The van der Waals surface area contributed by atoms with Gasteiger partial charge in [-0.1, -0.05) is 6.07 Å². The minimum atomic E-state index is -6.18. The standard InChI is InChI=1S/C15H15F7N2O2/c1-26-5-4-24-7-9-6-10(2-3-11(9)23-12(24)8-25)13(16,14(17,18)19)15(20,21)22/h2-3,6,8,12,23H,4-5,7H2,1H3. The average Bonchev–Trinajstić information content (AvgIpc) is 2.55. The van der Waals surface area contributed by atoms with Crippen LogP contribution in [0, 0.1) is 0 Å². The van der Waals surface area contributed by atoms with Crippen molar-refractivity contribution >= 4 is 12.0 Å². The summed E-state index contributed by atoms with van der Waals surface area (Å²) in [5, 5.41) is 2.68. The Labute approximate surface area is 143 Å². The van der Waals surface area contributed by atoms with E-state index < -0.39 is 29.8 Å². The first-order valence-electron chi connectivity index (χ1n) is 7.36. The van der Waals surface area contributed by atoms with Crippen LogP contribution < -0.4 is 5.32 Å². The van der Waals surface area contributed by atoms with Gasteiger partial charge >= 0.3 is 18.0 Å². The first kappa shape index (κ1) is 20.4. The van der Waals surface area contributed by atoms with Crippen LogP contribution >= 0.6 is 0 Å². The van der Waals surface area contributed by atoms with Crippen LogP contribution in [-0.4, -0.2) is 50.0 Å². The van der Waals surface area contributed by atoms with Crippen molar-refractivity contribution in [1.29, 1.82) is 0 Å². The van der Waals surface area contributed by atoms with E-state index in [1.807, 2.05) is 0 Å². The zero-order valence-corrected chi connectivity index (χ0v) is 13.4. The molecular weight excluding hydrogens is 373 g/mol. The fraction of sp³-hybridized carbons (Fsp3) is 0.533. The number of ether oxygens (including phenoxy) is 1. The molecule has 0 aliphatic carbocycles. The Morgan fingerprint density at radius 2 is 1.81 bits per heavy atom. The smallest absolute Gasteiger partial charge is 0.383 e. The lowest BCUT2D eigenvalue weighted by Gasteiger charge is -2.36. The Balaban J connectivity index is 2.46. The van der Waals surface area contributed by atoms with Gasteiger partial charge in [0.25, 0.3) is 0 Å². The number of fused-ring (bicyclic) bond motifs is 1. The maximum absolute atomic E-state index is 14.2. The maximum atomic E-state index is 14.2. The molecule has 11 heteroatoms. The van der Waals surface area contributed by atoms with E-state index in [1.54, 1.807) is 0 Å². The van der Waals surface area contributed by atoms with Crippen molar-refractivity contribution in [3.05, 3.63) is 29.3 Å². The fourth-order valence-corrected chi connectivity index (χ4v) is 2.68. The van der Waals surface area contributed by atoms with Crippen molar-refractivity contribution in [2.75, 3.05) is 25.6 Å². The third-order valence-electron chi connectivity index (χ3n) is 4.07. The van der Waals surface area contributed by atoms with Crippen LogP contribution in [-0.2, 0) is 21.7 Å². The van der Waals surface area contributed by atoms with Crippen molar-refractivity contribution in [3.8, 4) is 0 Å². The molecule has 0 radical (unpaired) electrons. The minimum Gasteiger partial charge on any atom is -0.383 e. The van der Waals surface area contributed by atoms with Crippen molar-refractivity contribution in [2.24, 2.45) is 0 Å². The summed E-state index contributed by atoms with van der Waals surface area (Å²) in [6.45, 7) is 0.226. The van der Waals surface area contributed by atoms with Crippen LogP contribution in [0.2, 0.25) is 0 Å². The van der Waals surface area contributed by atoms with E-state index in [0.29, 0.717) is 18.4 Å². The van der Waals surface area contributed by atoms with Crippen LogP contribution in [0.5, 0.6) is 0 Å². The van der Waals surface area contributed by atoms with E-state index >= 15 is 0 Å². The van der Waals surface area contributed by atoms with Gasteiger partial charge in [-0.05, 0) is 17.7 Å². The monoisotopic (exact) mass is 388 g/mol. The number of hydrogen-bond acceptors (Lipinski definition) is 4. The van der Waals surface area contributed by atoms with Gasteiger partial charge in [-0.15, -0.1) is 0 Å². The number of anilines is 1. The fourth-order valence-electron chi connectivity index (χ4n) is 2.68. The molecule has 1 unspecified atom stereocenters. The molecule has 1 aromatic rings. The molecule has 2 rings (SSSR count). The number of rotatable bonds is 5. The van der Waals surface area contributed by atoms with Crippen LogP contribution in [0.15, 0.2) is 18.2 Å². The quantitative estimate of drug-likeness (QED) is 0.621. The highest BCUT2D eigenvalue weighted by molar-refractivity contribution is 5.67. The molecular formula is C15H15F7N2O2. The van der Waals surface area contributed by atoms with E-state index in [2.05, 4.69) is 5.32 Å². The minimum absolute atomic E-state index is 0.00669. The molecule has 0 aromatic heterocycles. The van der Waals surface area contributed by atoms with Crippen molar-refractivity contribution in [1.82, 2.24) is 4.90 Å². The molecule has 1 heterocycles. The Kier molecular flexibility index (Phi) is 5.52. The van der Waals surface area contributed by atoms with Crippen LogP contribution in [0.1, 0.15) is 11.1 Å². The summed E-state index contributed by atoms with van der Waals surface area (Å²) < 4.78 is 96.4. The molecule has 1 aliphatic rings. The Morgan fingerprint density at radius 1 is 1.19 bits per heavy atom. The van der Waals surface area contributed by atoms with Crippen LogP contribution in [0.25, 0.3) is 0 Å². The van der Waals surface area contributed by atoms with E-state index in [1.165, 1.54) is 12.0 Å². The highest BCUT2D eigenvalue weighted by Crippen LogP contribution is 2.53. The first-order valence-corrected chi connectivity index (χ1v) is 7.36. The number of methoxy groups -OCH3 is 1. The molecule has 0 saturated heterocycles. The zero-order chi connectivity index (χ0) is 19.8. The number of alkyl halides is 7. The Hall–Kier alpha value is -1.88. The van der Waals surface area contributed by atoms with Crippen molar-refractivity contribution in [3.63, 3.8) is 0 Å². The van der Waals surface area contributed by atoms with Gasteiger partial charge < -0.3 is 10.1 Å². The van der Waals surface area contributed by atoms with Gasteiger partial charge in [0, 0.05) is 31.5 Å². The summed E-state index contributed by atoms with van der Waals surface area (Å²) in [5.41, 5.74) is -6.89. The van der Waals surface area contributed by atoms with E-state index in [-0.39, 0.29) is 30.9 Å². The highest BCUT2D eigenvalue weighted by atomic mass is 19.4. The lowest BCUT2D eigenvalue weighted by molar-refractivity contribution is -0.348. The lowest BCUT2D eigenvalue weighted by atomic mass is 9.91. The molecule has 26 heavy (non-hydrogen) atoms. The van der Waals surface area contributed by atoms with Gasteiger partial charge in [-0.25, -0.2) is 4.39 Å². The van der Waals surface area contributed by atoms with Gasteiger partial charge in [0.15, 0.2) is 6.29 Å². The molecule has 0 fully saturated rings. The predicted octanol–water partition coefficient (Wildman–Crippen LogP) is 3.37. The molecule has 146 valence electrons. The van der Waals surface area contributed by atoms with E-state index in [4.69, 9.17) is 4.74 Å². The normalized spacial score (nSPS) is 19.0. The second-order valence-corrected chi connectivity index (χ2v) is 5.71. The molecule has 4 nitrogen and oxygen atoms in total. The molecule has 1 aliphatic heterocycles. The number of nitrogens with zero attached hydrogens (tertiary/aromatic N) is 1. The van der Waals surface area contributed by atoms with Crippen LogP contribution in [0.3, 0.4) is 0 Å². The number of aldehydes is 1. The molecule has 0 bridgehead atoms. The summed E-state index contributed by atoms with van der Waals surface area (Å²) in [7, 11) is 1.39. The van der Waals surface area contributed by atoms with Gasteiger partial charge in [-0.3, -0.25) is 9.69 Å². The highest BCUT2D eigenvalue weighted by Gasteiger charge is 2.73. The number of halogens is 7. The van der Waals surface area contributed by atoms with Gasteiger partial charge in [0.1, 0.15) is 6.17 Å². The predicted molar refractivity (Wildman–Crippen MR) is 77.1 cm³/mol. The molecule has 1 N–H and O–H groups in total. The van der Waals surface area contributed by atoms with Crippen molar-refractivity contribution < 1.29 is 40.3 Å². The average molecular weight is 388 g/mol. The summed E-state index contributed by atoms with van der Waals surface area (Å²) in [6.07, 6.45) is -12.6. The molecule has 1 atom stereocenters. The van der Waals surface area contributed by atoms with E-state index in [0.717, 1.165) is 6.07 Å². The molecule has 0 amide bonds. The topological polar surface area (TPSA) is 41.6 Å². The SMILES string of the molecule is COCCN1Cc2cc(C(F)(C(F)(F)F)C(F)(F)F)ccc2NC1C=O. The second kappa shape index (κ2) is 7.03. The summed E-state index contributed by atoms with van der Waals surface area (Å²) >= 11 is 0. The third kappa shape index (κ3) is 3.50. The zero-order valence-electron chi connectivity index (χ0n) is 13.4. The van der Waals surface area contributed by atoms with Gasteiger partial charge in [0.2, 0.25) is 0 Å². The third-order valence-corrected chi connectivity index (χ3v) is 4.07. The van der Waals surface area contributed by atoms with E-state index in [9.17, 15) is 35.5 Å². The molecule has 0 saturated carbocycles. The Bertz CT molecular complexity index is 646. The number of benzene rings is 1. The number of hydrogen-bond donors (Lipinski definition) is 1. The first-order chi connectivity index (χ1) is 12.0. The van der Waals surface area contributed by atoms with Crippen LogP contribution in [0.4, 0.5) is 36.4 Å².